The van der Waals surface area contributed by atoms with Crippen LogP contribution in [0.25, 0.3) is 11.1 Å². The molecule has 2 aromatic rings. The van der Waals surface area contributed by atoms with Gasteiger partial charge < -0.3 is 5.11 Å². The van der Waals surface area contributed by atoms with Crippen LogP contribution in [0.15, 0.2) is 42.5 Å². The van der Waals surface area contributed by atoms with E-state index in [9.17, 15) is 18.5 Å². The Balaban J connectivity index is 2.20. The van der Waals surface area contributed by atoms with E-state index in [-0.39, 0.29) is 11.5 Å². The fourth-order valence-electron chi connectivity index (χ4n) is 2.54. The van der Waals surface area contributed by atoms with Gasteiger partial charge in [0, 0.05) is 6.54 Å². The molecule has 0 aliphatic heterocycles. The SMILES string of the molecule is CC(C)S(=O)(=O)NC[C@H](C)c1ccc(-c2ccc(C(=O)O)cc2C#N)cc1. The number of carbonyl (C=O) groups is 1. The zero-order valence-corrected chi connectivity index (χ0v) is 16.2. The van der Waals surface area contributed by atoms with Gasteiger partial charge in [0.1, 0.15) is 0 Å². The first kappa shape index (κ1) is 20.6. The topological polar surface area (TPSA) is 107 Å². The molecule has 0 aliphatic carbocycles. The van der Waals surface area contributed by atoms with Gasteiger partial charge in [0.25, 0.3) is 0 Å². The summed E-state index contributed by atoms with van der Waals surface area (Å²) in [5.41, 5.74) is 2.77. The Morgan fingerprint density at radius 2 is 1.78 bits per heavy atom. The first-order valence-corrected chi connectivity index (χ1v) is 10.1. The van der Waals surface area contributed by atoms with Gasteiger partial charge in [-0.15, -0.1) is 0 Å². The normalized spacial score (nSPS) is 12.6. The van der Waals surface area contributed by atoms with Gasteiger partial charge in [0.05, 0.1) is 22.4 Å². The average Bonchev–Trinajstić information content (AvgIpc) is 2.65. The summed E-state index contributed by atoms with van der Waals surface area (Å²) < 4.78 is 26.3. The molecule has 6 nitrogen and oxygen atoms in total. The highest BCUT2D eigenvalue weighted by atomic mass is 32.2. The Labute approximate surface area is 159 Å². The molecule has 27 heavy (non-hydrogen) atoms. The van der Waals surface area contributed by atoms with Crippen molar-refractivity contribution in [1.29, 1.82) is 5.26 Å². The van der Waals surface area contributed by atoms with Gasteiger partial charge in [-0.1, -0.05) is 37.3 Å². The Morgan fingerprint density at radius 3 is 2.30 bits per heavy atom. The second kappa shape index (κ2) is 8.33. The minimum Gasteiger partial charge on any atom is -0.478 e. The molecule has 7 heteroatoms. The van der Waals surface area contributed by atoms with Gasteiger partial charge in [-0.3, -0.25) is 0 Å². The van der Waals surface area contributed by atoms with E-state index in [1.54, 1.807) is 19.9 Å². The summed E-state index contributed by atoms with van der Waals surface area (Å²) in [4.78, 5) is 11.1. The maximum atomic E-state index is 11.9. The third kappa shape index (κ3) is 4.94. The van der Waals surface area contributed by atoms with Crippen molar-refractivity contribution in [2.75, 3.05) is 6.54 Å². The van der Waals surface area contributed by atoms with Crippen LogP contribution in [0.1, 0.15) is 48.2 Å². The fourth-order valence-corrected chi connectivity index (χ4v) is 3.35. The standard InChI is InChI=1S/C20H22N2O4S/c1-13(2)27(25,26)22-12-14(3)15-4-6-16(7-5-15)19-9-8-17(20(23)24)10-18(19)11-21/h4-10,13-14,22H,12H2,1-3H3,(H,23,24)/t14-/m0/s1. The van der Waals surface area contributed by atoms with E-state index in [1.807, 2.05) is 37.3 Å². The molecule has 0 aliphatic rings. The molecule has 0 amide bonds. The van der Waals surface area contributed by atoms with E-state index in [4.69, 9.17) is 5.11 Å². The Hall–Kier alpha value is -2.69. The van der Waals surface area contributed by atoms with Crippen LogP contribution < -0.4 is 4.72 Å². The highest BCUT2D eigenvalue weighted by Crippen LogP contribution is 2.26. The summed E-state index contributed by atoms with van der Waals surface area (Å²) in [6.45, 7) is 5.49. The van der Waals surface area contributed by atoms with Gasteiger partial charge in [-0.2, -0.15) is 5.26 Å². The van der Waals surface area contributed by atoms with Gasteiger partial charge in [0.15, 0.2) is 0 Å². The quantitative estimate of drug-likeness (QED) is 0.759. The van der Waals surface area contributed by atoms with Crippen molar-refractivity contribution in [2.24, 2.45) is 0 Å². The van der Waals surface area contributed by atoms with Crippen molar-refractivity contribution in [3.63, 3.8) is 0 Å². The molecule has 0 heterocycles. The predicted octanol–water partition coefficient (Wildman–Crippen LogP) is 3.35. The van der Waals surface area contributed by atoms with Crippen molar-refractivity contribution < 1.29 is 18.3 Å². The summed E-state index contributed by atoms with van der Waals surface area (Å²) in [6, 6.07) is 13.9. The summed E-state index contributed by atoms with van der Waals surface area (Å²) in [6.07, 6.45) is 0. The fraction of sp³-hybridized carbons (Fsp3) is 0.300. The lowest BCUT2D eigenvalue weighted by molar-refractivity contribution is 0.0697. The largest absolute Gasteiger partial charge is 0.478 e. The van der Waals surface area contributed by atoms with E-state index >= 15 is 0 Å². The number of hydrogen-bond donors (Lipinski definition) is 2. The average molecular weight is 386 g/mol. The number of hydrogen-bond acceptors (Lipinski definition) is 4. The van der Waals surface area contributed by atoms with Crippen LogP contribution >= 0.6 is 0 Å². The van der Waals surface area contributed by atoms with Gasteiger partial charge in [-0.05, 0) is 48.6 Å². The van der Waals surface area contributed by atoms with E-state index in [0.29, 0.717) is 17.7 Å². The second-order valence-electron chi connectivity index (χ2n) is 6.64. The van der Waals surface area contributed by atoms with Crippen LogP contribution in [0.3, 0.4) is 0 Å². The van der Waals surface area contributed by atoms with Gasteiger partial charge in [-0.25, -0.2) is 17.9 Å². The first-order valence-electron chi connectivity index (χ1n) is 8.52. The third-order valence-corrected chi connectivity index (χ3v) is 6.20. The summed E-state index contributed by atoms with van der Waals surface area (Å²) in [7, 11) is -3.31. The van der Waals surface area contributed by atoms with Crippen molar-refractivity contribution in [2.45, 2.75) is 31.9 Å². The lowest BCUT2D eigenvalue weighted by Crippen LogP contribution is -2.33. The maximum absolute atomic E-state index is 11.9. The molecule has 0 saturated heterocycles. The molecule has 142 valence electrons. The van der Waals surface area contributed by atoms with Gasteiger partial charge in [0.2, 0.25) is 10.0 Å². The molecule has 0 fully saturated rings. The van der Waals surface area contributed by atoms with Crippen molar-refractivity contribution in [3.05, 3.63) is 59.2 Å². The number of aromatic carboxylic acids is 1. The molecule has 0 bridgehead atoms. The van der Waals surface area contributed by atoms with Crippen LogP contribution in [-0.4, -0.2) is 31.3 Å². The van der Waals surface area contributed by atoms with E-state index in [1.165, 1.54) is 12.1 Å². The number of nitriles is 1. The first-order chi connectivity index (χ1) is 12.7. The summed E-state index contributed by atoms with van der Waals surface area (Å²) >= 11 is 0. The van der Waals surface area contributed by atoms with Crippen LogP contribution in [0.4, 0.5) is 0 Å². The van der Waals surface area contributed by atoms with E-state index in [2.05, 4.69) is 4.72 Å². The number of sulfonamides is 1. The zero-order valence-electron chi connectivity index (χ0n) is 15.4. The molecule has 2 aromatic carbocycles. The van der Waals surface area contributed by atoms with Crippen LogP contribution in [0, 0.1) is 11.3 Å². The molecule has 1 atom stereocenters. The van der Waals surface area contributed by atoms with Crippen molar-refractivity contribution in [1.82, 2.24) is 4.72 Å². The predicted molar refractivity (Wildman–Crippen MR) is 104 cm³/mol. The third-order valence-electron chi connectivity index (χ3n) is 4.39. The lowest BCUT2D eigenvalue weighted by atomic mass is 9.94. The smallest absolute Gasteiger partial charge is 0.335 e. The summed E-state index contributed by atoms with van der Waals surface area (Å²) in [5, 5.41) is 17.9. The molecule has 2 rings (SSSR count). The molecule has 0 saturated carbocycles. The van der Waals surface area contributed by atoms with Crippen LogP contribution in [0.2, 0.25) is 0 Å². The Morgan fingerprint density at radius 1 is 1.15 bits per heavy atom. The second-order valence-corrected chi connectivity index (χ2v) is 8.96. The minimum atomic E-state index is -3.31. The van der Waals surface area contributed by atoms with Crippen molar-refractivity contribution in [3.8, 4) is 17.2 Å². The molecule has 0 aromatic heterocycles. The van der Waals surface area contributed by atoms with E-state index < -0.39 is 21.2 Å². The number of rotatable bonds is 7. The van der Waals surface area contributed by atoms with Crippen molar-refractivity contribution >= 4 is 16.0 Å². The molecule has 0 unspecified atom stereocenters. The maximum Gasteiger partial charge on any atom is 0.335 e. The zero-order chi connectivity index (χ0) is 20.2. The molecule has 0 spiro atoms. The van der Waals surface area contributed by atoms with E-state index in [0.717, 1.165) is 11.1 Å². The molecule has 0 radical (unpaired) electrons. The van der Waals surface area contributed by atoms with Crippen LogP contribution in [-0.2, 0) is 10.0 Å². The highest BCUT2D eigenvalue weighted by Gasteiger charge is 2.17. The number of carboxylic acids is 1. The summed E-state index contributed by atoms with van der Waals surface area (Å²) in [5.74, 6) is -1.09. The monoisotopic (exact) mass is 386 g/mol. The highest BCUT2D eigenvalue weighted by molar-refractivity contribution is 7.90. The minimum absolute atomic E-state index is 0.0163. The number of nitrogens with zero attached hydrogens (tertiary/aromatic N) is 1. The van der Waals surface area contributed by atoms with Crippen LogP contribution in [0.5, 0.6) is 0 Å². The molecule has 2 N–H and O–H groups in total. The molecular weight excluding hydrogens is 364 g/mol. The number of nitrogens with one attached hydrogen (secondary N) is 1. The number of carboxylic acid groups (broad SMARTS) is 1. The van der Waals surface area contributed by atoms with Gasteiger partial charge >= 0.3 is 5.97 Å². The Kier molecular flexibility index (Phi) is 6.37. The Bertz CT molecular complexity index is 974. The molecular formula is C20H22N2O4S. The number of benzene rings is 2. The lowest BCUT2D eigenvalue weighted by Gasteiger charge is -2.15.